The smallest absolute Gasteiger partial charge is 0.456 e. The van der Waals surface area contributed by atoms with E-state index in [1.165, 1.54) is 289 Å². The predicted molar refractivity (Wildman–Crippen MR) is 397 cm³/mol. The molecule has 3 atom stereocenters. The number of rotatable bonds is 73. The van der Waals surface area contributed by atoms with Crippen LogP contribution >= 0.6 is 7.82 Å². The molecule has 91 heavy (non-hydrogen) atoms. The minimum Gasteiger partial charge on any atom is -0.456 e. The van der Waals surface area contributed by atoms with Gasteiger partial charge in [-0.1, -0.05) is 345 Å². The average molecular weight is 1300 g/mol. The first-order valence-electron chi connectivity index (χ1n) is 39.6. The number of esters is 1. The third-order valence-corrected chi connectivity index (χ3v) is 18.9. The molecule has 0 fully saturated rings. The standard InChI is InChI=1S/C81H153N2O7P/c1-7-10-13-16-19-22-25-27-29-31-33-35-37-39-41-43-45-47-49-51-53-55-58-61-64-67-70-73-80(84)82-78(77-89-91(86,87)88-76-75-83(4,5)6)79(72-69-66-63-60-57-24-21-18-15-12-9-3)90-81(85)74-71-68-65-62-59-56-54-52-50-48-46-44-42-40-38-36-34-32-30-28-26-23-20-17-14-11-8-2/h19-20,22-23,27-30,69,72,78-79H,7-18,21,24-26,31-68,70-71,73-77H2,1-6H3,(H-,82,84,86,87)/p+1/b22-19-,23-20-,29-27-,30-28-,72-69+. The summed E-state index contributed by atoms with van der Waals surface area (Å²) in [6.45, 7) is 7.02. The molecule has 0 aromatic heterocycles. The Balaban J connectivity index is 4.85. The highest BCUT2D eigenvalue weighted by Crippen LogP contribution is 2.43. The number of amides is 1. The highest BCUT2D eigenvalue weighted by Gasteiger charge is 2.30. The molecule has 0 aliphatic carbocycles. The zero-order chi connectivity index (χ0) is 66.3. The first kappa shape index (κ1) is 88.7. The summed E-state index contributed by atoms with van der Waals surface area (Å²) in [6.07, 6.45) is 92.6. The van der Waals surface area contributed by atoms with E-state index in [1.807, 2.05) is 33.3 Å². The van der Waals surface area contributed by atoms with Gasteiger partial charge in [0.05, 0.1) is 33.8 Å². The van der Waals surface area contributed by atoms with Gasteiger partial charge in [0.25, 0.3) is 0 Å². The van der Waals surface area contributed by atoms with Crippen LogP contribution in [0.15, 0.2) is 60.8 Å². The van der Waals surface area contributed by atoms with Crippen molar-refractivity contribution < 1.29 is 37.3 Å². The summed E-state index contributed by atoms with van der Waals surface area (Å²) < 4.78 is 30.9. The van der Waals surface area contributed by atoms with Crippen molar-refractivity contribution in [2.75, 3.05) is 40.9 Å². The second-order valence-electron chi connectivity index (χ2n) is 28.2. The summed E-state index contributed by atoms with van der Waals surface area (Å²) in [4.78, 5) is 38.0. The van der Waals surface area contributed by atoms with Crippen LogP contribution in [0.2, 0.25) is 0 Å². The highest BCUT2D eigenvalue weighted by molar-refractivity contribution is 7.47. The summed E-state index contributed by atoms with van der Waals surface area (Å²) in [5, 5.41) is 3.08. The summed E-state index contributed by atoms with van der Waals surface area (Å²) in [5.74, 6) is -0.486. The summed E-state index contributed by atoms with van der Waals surface area (Å²) in [7, 11) is 1.51. The van der Waals surface area contributed by atoms with Crippen LogP contribution in [-0.4, -0.2) is 74.3 Å². The number of carbonyl (C=O) groups is 2. The van der Waals surface area contributed by atoms with Gasteiger partial charge in [-0.15, -0.1) is 0 Å². The summed E-state index contributed by atoms with van der Waals surface area (Å²) in [5.41, 5.74) is 0. The number of likely N-dealkylation sites (N-methyl/N-ethyl adjacent to an activating group) is 1. The van der Waals surface area contributed by atoms with Gasteiger partial charge in [0.1, 0.15) is 19.3 Å². The molecule has 0 aromatic rings. The number of unbranched alkanes of at least 4 members (excludes halogenated alkanes) is 49. The van der Waals surface area contributed by atoms with Gasteiger partial charge >= 0.3 is 13.8 Å². The third kappa shape index (κ3) is 71.8. The number of carbonyl (C=O) groups excluding carboxylic acids is 2. The number of ether oxygens (including phenoxy) is 1. The molecule has 0 radical (unpaired) electrons. The lowest BCUT2D eigenvalue weighted by molar-refractivity contribution is -0.870. The SMILES string of the molecule is CCCCC/C=C\C/C=C\CCCCCCCCCCCCCCCCCCCC(=O)NC(COP(=O)(O)OCC[N+](C)(C)C)C(/C=C/CCCCCCCCCCC)OC(=O)CCCCCCCCCCCCCCCCCCC/C=C\C/C=C\CCCCC. The maximum absolute atomic E-state index is 13.7. The van der Waals surface area contributed by atoms with Gasteiger partial charge in [-0.2, -0.15) is 0 Å². The second kappa shape index (κ2) is 70.5. The Bertz CT molecular complexity index is 1740. The lowest BCUT2D eigenvalue weighted by atomic mass is 10.0. The molecule has 0 saturated carbocycles. The van der Waals surface area contributed by atoms with Gasteiger partial charge in [-0.3, -0.25) is 18.6 Å². The van der Waals surface area contributed by atoms with E-state index in [1.54, 1.807) is 0 Å². The van der Waals surface area contributed by atoms with Crippen LogP contribution in [-0.2, 0) is 27.9 Å². The molecule has 10 heteroatoms. The number of phosphoric ester groups is 1. The van der Waals surface area contributed by atoms with E-state index in [4.69, 9.17) is 13.8 Å². The quantitative estimate of drug-likeness (QED) is 0.0205. The van der Waals surface area contributed by atoms with E-state index in [2.05, 4.69) is 74.7 Å². The highest BCUT2D eigenvalue weighted by atomic mass is 31.2. The molecule has 0 rings (SSSR count). The van der Waals surface area contributed by atoms with Gasteiger partial charge in [-0.25, -0.2) is 4.57 Å². The maximum Gasteiger partial charge on any atom is 0.472 e. The molecule has 0 bridgehead atoms. The van der Waals surface area contributed by atoms with Crippen LogP contribution in [0, 0.1) is 0 Å². The number of quaternary nitrogens is 1. The number of hydrogen-bond donors (Lipinski definition) is 2. The molecular formula is C81H154N2O7P+. The Kier molecular flexibility index (Phi) is 68.7. The first-order valence-corrected chi connectivity index (χ1v) is 41.1. The molecule has 1 amide bonds. The first-order chi connectivity index (χ1) is 44.4. The Morgan fingerprint density at radius 3 is 1.01 bits per heavy atom. The lowest BCUT2D eigenvalue weighted by Crippen LogP contribution is -2.47. The van der Waals surface area contributed by atoms with Gasteiger partial charge in [-0.05, 0) is 96.0 Å². The van der Waals surface area contributed by atoms with Crippen LogP contribution in [0.4, 0.5) is 0 Å². The number of allylic oxidation sites excluding steroid dienone is 9. The lowest BCUT2D eigenvalue weighted by Gasteiger charge is -2.27. The van der Waals surface area contributed by atoms with E-state index in [0.29, 0.717) is 23.9 Å². The molecule has 0 aromatic carbocycles. The third-order valence-electron chi connectivity index (χ3n) is 17.9. The molecule has 3 unspecified atom stereocenters. The van der Waals surface area contributed by atoms with Gasteiger partial charge in [0, 0.05) is 12.8 Å². The van der Waals surface area contributed by atoms with Gasteiger partial charge in [0.15, 0.2) is 0 Å². The van der Waals surface area contributed by atoms with Gasteiger partial charge in [0.2, 0.25) is 5.91 Å². The van der Waals surface area contributed by atoms with Gasteiger partial charge < -0.3 is 19.4 Å². The Morgan fingerprint density at radius 2 is 0.670 bits per heavy atom. The molecule has 0 saturated heterocycles. The molecule has 0 spiro atoms. The van der Waals surface area contributed by atoms with E-state index >= 15 is 0 Å². The van der Waals surface area contributed by atoms with Crippen molar-refractivity contribution in [3.8, 4) is 0 Å². The maximum atomic E-state index is 13.7. The summed E-state index contributed by atoms with van der Waals surface area (Å²) >= 11 is 0. The molecule has 0 aliphatic heterocycles. The second-order valence-corrected chi connectivity index (χ2v) is 29.7. The Hall–Kier alpha value is -2.29. The zero-order valence-corrected chi connectivity index (χ0v) is 62.2. The van der Waals surface area contributed by atoms with Crippen molar-refractivity contribution in [2.45, 2.75) is 405 Å². The van der Waals surface area contributed by atoms with Crippen molar-refractivity contribution >= 4 is 19.7 Å². The molecule has 9 nitrogen and oxygen atoms in total. The van der Waals surface area contributed by atoms with Crippen molar-refractivity contribution in [1.29, 1.82) is 0 Å². The van der Waals surface area contributed by atoms with Crippen molar-refractivity contribution in [2.24, 2.45) is 0 Å². The van der Waals surface area contributed by atoms with Crippen LogP contribution in [0.5, 0.6) is 0 Å². The van der Waals surface area contributed by atoms with E-state index in [-0.39, 0.29) is 25.1 Å². The Labute approximate surface area is 566 Å². The fourth-order valence-electron chi connectivity index (χ4n) is 11.8. The normalized spacial score (nSPS) is 13.7. The fourth-order valence-corrected chi connectivity index (χ4v) is 12.6. The molecule has 0 aliphatic rings. The largest absolute Gasteiger partial charge is 0.472 e. The van der Waals surface area contributed by atoms with Crippen molar-refractivity contribution in [3.63, 3.8) is 0 Å². The number of phosphoric acid groups is 1. The van der Waals surface area contributed by atoms with E-state index < -0.39 is 20.0 Å². The monoisotopic (exact) mass is 1300 g/mol. The van der Waals surface area contributed by atoms with E-state index in [0.717, 1.165) is 70.6 Å². The predicted octanol–water partition coefficient (Wildman–Crippen LogP) is 25.7. The zero-order valence-electron chi connectivity index (χ0n) is 61.4. The van der Waals surface area contributed by atoms with Crippen LogP contribution in [0.25, 0.3) is 0 Å². The van der Waals surface area contributed by atoms with Crippen LogP contribution in [0.3, 0.4) is 0 Å². The van der Waals surface area contributed by atoms with Crippen LogP contribution in [0.1, 0.15) is 393 Å². The Morgan fingerprint density at radius 1 is 0.385 bits per heavy atom. The minimum absolute atomic E-state index is 0.0419. The molecule has 534 valence electrons. The number of nitrogens with one attached hydrogen (secondary N) is 1. The van der Waals surface area contributed by atoms with Crippen molar-refractivity contribution in [1.82, 2.24) is 5.32 Å². The average Bonchev–Trinajstić information content (AvgIpc) is 3.08. The topological polar surface area (TPSA) is 111 Å². The molecular weight excluding hydrogens is 1140 g/mol. The summed E-state index contributed by atoms with van der Waals surface area (Å²) in [6, 6.07) is -0.848. The number of nitrogens with zero attached hydrogens (tertiary/aromatic N) is 1. The van der Waals surface area contributed by atoms with E-state index in [9.17, 15) is 19.0 Å². The molecule has 0 heterocycles. The molecule has 2 N–H and O–H groups in total. The minimum atomic E-state index is -4.46. The van der Waals surface area contributed by atoms with Crippen LogP contribution < -0.4 is 5.32 Å². The number of hydrogen-bond acceptors (Lipinski definition) is 6. The van der Waals surface area contributed by atoms with Crippen molar-refractivity contribution in [3.05, 3.63) is 60.8 Å². The fraction of sp³-hybridized carbons (Fsp3) is 0.852.